The Bertz CT molecular complexity index is 1250. The molecule has 0 saturated carbocycles. The van der Waals surface area contributed by atoms with E-state index in [1.165, 1.54) is 24.3 Å². The summed E-state index contributed by atoms with van der Waals surface area (Å²) >= 11 is 0. The van der Waals surface area contributed by atoms with E-state index in [0.29, 0.717) is 23.5 Å². The van der Waals surface area contributed by atoms with Crippen LogP contribution in [0.25, 0.3) is 0 Å². The molecule has 0 aliphatic heterocycles. The van der Waals surface area contributed by atoms with E-state index in [-0.39, 0.29) is 17.4 Å². The van der Waals surface area contributed by atoms with E-state index in [0.717, 1.165) is 16.7 Å². The van der Waals surface area contributed by atoms with Gasteiger partial charge in [0.25, 0.3) is 15.9 Å². The Hall–Kier alpha value is -3.83. The minimum absolute atomic E-state index is 0.0880. The minimum Gasteiger partial charge on any atom is -0.484 e. The molecule has 0 heterocycles. The van der Waals surface area contributed by atoms with E-state index in [2.05, 4.69) is 16.1 Å². The van der Waals surface area contributed by atoms with Gasteiger partial charge in [-0.15, -0.1) is 0 Å². The fourth-order valence-corrected chi connectivity index (χ4v) is 3.93. The normalized spacial score (nSPS) is 10.8. The fraction of sp³-hybridized carbons (Fsp3) is 0.167. The highest BCUT2D eigenvalue weighted by molar-refractivity contribution is 7.92. The number of rotatable bonds is 8. The van der Waals surface area contributed by atoms with Crippen LogP contribution in [-0.4, -0.2) is 20.9 Å². The molecule has 0 saturated heterocycles. The molecule has 3 aromatic carbocycles. The molecule has 8 heteroatoms. The second kappa shape index (κ2) is 9.98. The molecule has 32 heavy (non-hydrogen) atoms. The summed E-state index contributed by atoms with van der Waals surface area (Å²) in [6, 6.07) is 20.2. The van der Waals surface area contributed by atoms with Crippen molar-refractivity contribution in [3.05, 3.63) is 83.4 Å². The van der Waals surface area contributed by atoms with Crippen molar-refractivity contribution in [3.8, 4) is 11.8 Å². The van der Waals surface area contributed by atoms with E-state index in [1.807, 2.05) is 19.9 Å². The highest BCUT2D eigenvalue weighted by Crippen LogP contribution is 2.21. The standard InChI is InChI=1S/C24H23N3O4S/c1-17-3-6-21(15-18(17)2)27-32(29,30)23-11-9-22(10-12-23)31-16-24(28)26-20-7-4-19(5-8-20)13-14-25/h3-12,15,27H,13,16H2,1-2H3,(H,26,28). The third-order valence-corrected chi connectivity index (χ3v) is 6.18. The number of carbonyl (C=O) groups is 1. The SMILES string of the molecule is Cc1ccc(NS(=O)(=O)c2ccc(OCC(=O)Nc3ccc(CC#N)cc3)cc2)cc1C. The molecule has 0 unspecified atom stereocenters. The lowest BCUT2D eigenvalue weighted by atomic mass is 10.1. The zero-order valence-electron chi connectivity index (χ0n) is 17.8. The molecule has 0 aliphatic rings. The number of aryl methyl sites for hydroxylation is 2. The van der Waals surface area contributed by atoms with Crippen LogP contribution in [0, 0.1) is 25.2 Å². The Morgan fingerprint density at radius 1 is 0.938 bits per heavy atom. The number of benzene rings is 3. The van der Waals surface area contributed by atoms with E-state index in [1.54, 1.807) is 36.4 Å². The highest BCUT2D eigenvalue weighted by Gasteiger charge is 2.15. The average Bonchev–Trinajstić information content (AvgIpc) is 2.76. The number of carbonyl (C=O) groups excluding carboxylic acids is 1. The van der Waals surface area contributed by atoms with E-state index < -0.39 is 10.0 Å². The Kier molecular flexibility index (Phi) is 7.13. The number of amides is 1. The van der Waals surface area contributed by atoms with Gasteiger partial charge in [0.05, 0.1) is 17.4 Å². The molecule has 0 aromatic heterocycles. The maximum absolute atomic E-state index is 12.6. The van der Waals surface area contributed by atoms with Gasteiger partial charge in [0.1, 0.15) is 5.75 Å². The van der Waals surface area contributed by atoms with Crippen molar-refractivity contribution in [3.63, 3.8) is 0 Å². The van der Waals surface area contributed by atoms with E-state index in [9.17, 15) is 13.2 Å². The lowest BCUT2D eigenvalue weighted by Gasteiger charge is -2.11. The molecule has 0 atom stereocenters. The van der Waals surface area contributed by atoms with Gasteiger partial charge in [0.2, 0.25) is 0 Å². The van der Waals surface area contributed by atoms with Crippen LogP contribution in [0.15, 0.2) is 71.6 Å². The lowest BCUT2D eigenvalue weighted by molar-refractivity contribution is -0.118. The summed E-state index contributed by atoms with van der Waals surface area (Å²) < 4.78 is 33.2. The van der Waals surface area contributed by atoms with E-state index in [4.69, 9.17) is 10.00 Å². The number of nitriles is 1. The molecule has 0 spiro atoms. The summed E-state index contributed by atoms with van der Waals surface area (Å²) in [5.41, 5.74) is 4.02. The minimum atomic E-state index is -3.74. The maximum atomic E-state index is 12.6. The van der Waals surface area contributed by atoms with Gasteiger partial charge in [-0.3, -0.25) is 9.52 Å². The average molecular weight is 450 g/mol. The number of ether oxygens (including phenoxy) is 1. The quantitative estimate of drug-likeness (QED) is 0.536. The molecule has 2 N–H and O–H groups in total. The van der Waals surface area contributed by atoms with Crippen molar-refractivity contribution < 1.29 is 17.9 Å². The molecular formula is C24H23N3O4S. The summed E-state index contributed by atoms with van der Waals surface area (Å²) in [5.74, 6) is 0.0146. The number of nitrogens with zero attached hydrogens (tertiary/aromatic N) is 1. The van der Waals surface area contributed by atoms with Crippen molar-refractivity contribution in [1.29, 1.82) is 5.26 Å². The Labute approximate surface area is 187 Å². The molecule has 0 bridgehead atoms. The van der Waals surface area contributed by atoms with Gasteiger partial charge in [-0.25, -0.2) is 8.42 Å². The summed E-state index contributed by atoms with van der Waals surface area (Å²) in [6.07, 6.45) is 0.309. The number of anilines is 2. The lowest BCUT2D eigenvalue weighted by Crippen LogP contribution is -2.20. The fourth-order valence-electron chi connectivity index (χ4n) is 2.88. The van der Waals surface area contributed by atoms with Gasteiger partial charge in [-0.05, 0) is 79.1 Å². The van der Waals surface area contributed by atoms with E-state index >= 15 is 0 Å². The Balaban J connectivity index is 1.56. The summed E-state index contributed by atoms with van der Waals surface area (Å²) in [5, 5.41) is 11.4. The Morgan fingerprint density at radius 3 is 2.22 bits per heavy atom. The van der Waals surface area contributed by atoms with Crippen LogP contribution in [0.1, 0.15) is 16.7 Å². The molecule has 0 fully saturated rings. The van der Waals surface area contributed by atoms with Crippen LogP contribution in [0.5, 0.6) is 5.75 Å². The first-order valence-electron chi connectivity index (χ1n) is 9.85. The van der Waals surface area contributed by atoms with Crippen LogP contribution in [0.3, 0.4) is 0 Å². The topological polar surface area (TPSA) is 108 Å². The first-order valence-corrected chi connectivity index (χ1v) is 11.3. The molecule has 7 nitrogen and oxygen atoms in total. The summed E-state index contributed by atoms with van der Waals surface area (Å²) in [7, 11) is -3.74. The van der Waals surface area contributed by atoms with Crippen molar-refractivity contribution >= 4 is 27.3 Å². The molecule has 0 aliphatic carbocycles. The van der Waals surface area contributed by atoms with Crippen LogP contribution >= 0.6 is 0 Å². The molecule has 164 valence electrons. The van der Waals surface area contributed by atoms with Crippen LogP contribution in [-0.2, 0) is 21.2 Å². The third kappa shape index (κ3) is 6.09. The van der Waals surface area contributed by atoms with Crippen molar-refractivity contribution in [2.45, 2.75) is 25.2 Å². The monoisotopic (exact) mass is 449 g/mol. The molecular weight excluding hydrogens is 426 g/mol. The predicted octanol–water partition coefficient (Wildman–Crippen LogP) is 4.19. The number of nitrogens with one attached hydrogen (secondary N) is 2. The van der Waals surface area contributed by atoms with Crippen LogP contribution in [0.4, 0.5) is 11.4 Å². The third-order valence-electron chi connectivity index (χ3n) is 4.78. The molecule has 1 amide bonds. The number of sulfonamides is 1. The summed E-state index contributed by atoms with van der Waals surface area (Å²) in [4.78, 5) is 12.2. The van der Waals surface area contributed by atoms with Crippen molar-refractivity contribution in [2.24, 2.45) is 0 Å². The smallest absolute Gasteiger partial charge is 0.262 e. The predicted molar refractivity (Wildman–Crippen MR) is 123 cm³/mol. The zero-order chi connectivity index (χ0) is 23.1. The molecule has 3 aromatic rings. The number of hydrogen-bond acceptors (Lipinski definition) is 5. The first-order chi connectivity index (χ1) is 15.3. The largest absolute Gasteiger partial charge is 0.484 e. The van der Waals surface area contributed by atoms with Gasteiger partial charge in [0, 0.05) is 11.4 Å². The van der Waals surface area contributed by atoms with Gasteiger partial charge < -0.3 is 10.1 Å². The second-order valence-corrected chi connectivity index (χ2v) is 8.93. The van der Waals surface area contributed by atoms with Gasteiger partial charge >= 0.3 is 0 Å². The van der Waals surface area contributed by atoms with Crippen LogP contribution in [0.2, 0.25) is 0 Å². The van der Waals surface area contributed by atoms with Gasteiger partial charge in [-0.1, -0.05) is 18.2 Å². The first kappa shape index (κ1) is 22.8. The maximum Gasteiger partial charge on any atom is 0.262 e. The zero-order valence-corrected chi connectivity index (χ0v) is 18.6. The van der Waals surface area contributed by atoms with Crippen molar-refractivity contribution in [2.75, 3.05) is 16.6 Å². The van der Waals surface area contributed by atoms with Crippen LogP contribution < -0.4 is 14.8 Å². The summed E-state index contributed by atoms with van der Waals surface area (Å²) in [6.45, 7) is 3.64. The second-order valence-electron chi connectivity index (χ2n) is 7.24. The molecule has 0 radical (unpaired) electrons. The van der Waals surface area contributed by atoms with Crippen molar-refractivity contribution in [1.82, 2.24) is 0 Å². The Morgan fingerprint density at radius 2 is 1.59 bits per heavy atom. The highest BCUT2D eigenvalue weighted by atomic mass is 32.2. The van der Waals surface area contributed by atoms with Gasteiger partial charge in [0.15, 0.2) is 6.61 Å². The van der Waals surface area contributed by atoms with Gasteiger partial charge in [-0.2, -0.15) is 5.26 Å². The number of hydrogen-bond donors (Lipinski definition) is 2. The molecule has 3 rings (SSSR count).